The third-order valence-electron chi connectivity index (χ3n) is 0. The average Bonchev–Trinajstić information content (AvgIpc) is 1.00. The molecule has 0 saturated carbocycles. The van der Waals surface area contributed by atoms with Crippen LogP contribution >= 0.6 is 0 Å². The van der Waals surface area contributed by atoms with Gasteiger partial charge in [-0.2, -0.15) is 0 Å². The minimum absolute atomic E-state index is 0. The molecular weight excluding hydrogens is 114 g/mol. The van der Waals surface area contributed by atoms with E-state index in [1.807, 2.05) is 0 Å². The second-order valence-corrected chi connectivity index (χ2v) is 0. The van der Waals surface area contributed by atoms with E-state index in [9.17, 15) is 0 Å². The van der Waals surface area contributed by atoms with Gasteiger partial charge >= 0.3 is 19.8 Å². The fourth-order valence-electron chi connectivity index (χ4n) is 0. The maximum atomic E-state index is 8.06. The molecule has 0 aliphatic rings. The van der Waals surface area contributed by atoms with Crippen LogP contribution in [-0.2, 0) is 19.8 Å². The van der Waals surface area contributed by atoms with Gasteiger partial charge in [0.1, 0.15) is 0 Å². The van der Waals surface area contributed by atoms with Crippen LogP contribution in [-0.4, -0.2) is 22.8 Å². The summed E-state index contributed by atoms with van der Waals surface area (Å²) in [6, 6.07) is 0. The van der Waals surface area contributed by atoms with Crippen molar-refractivity contribution >= 4 is 17.4 Å². The normalized spacial score (nSPS) is 1.00. The molecule has 2 N–H and O–H groups in total. The van der Waals surface area contributed by atoms with Crippen molar-refractivity contribution < 1.29 is 25.3 Å². The van der Waals surface area contributed by atoms with Crippen LogP contribution in [0.3, 0.4) is 0 Å². The van der Waals surface area contributed by atoms with Crippen molar-refractivity contribution in [3.63, 3.8) is 0 Å². The molecule has 0 aliphatic heterocycles. The van der Waals surface area contributed by atoms with E-state index in [0.717, 1.165) is 0 Å². The van der Waals surface area contributed by atoms with Crippen LogP contribution in [0.1, 0.15) is 0 Å². The maximum absolute atomic E-state index is 8.06. The quantitative estimate of drug-likeness (QED) is 0.336. The van der Waals surface area contributed by atoms with Crippen LogP contribution < -0.4 is 0 Å². The molecule has 0 aromatic carbocycles. The summed E-state index contributed by atoms with van der Waals surface area (Å²) in [6.45, 7) is 0. The summed E-state index contributed by atoms with van der Waals surface area (Å²) in [5.74, 6) is 0. The Kier molecular flexibility index (Phi) is 243. The topological polar surface area (TPSA) is 48.6 Å². The van der Waals surface area contributed by atoms with Gasteiger partial charge in [-0.25, -0.2) is 0 Å². The molecule has 0 bridgehead atoms. The Bertz CT molecular complexity index is 6.00. The molecule has 4 heavy (non-hydrogen) atoms. The van der Waals surface area contributed by atoms with Gasteiger partial charge in [0.2, 0.25) is 0 Å². The van der Waals surface area contributed by atoms with Crippen molar-refractivity contribution in [3.8, 4) is 0 Å². The van der Waals surface area contributed by atoms with Crippen LogP contribution in [0.5, 0.6) is 0 Å². The monoisotopic (exact) mass is 119 g/mol. The molecule has 0 aliphatic carbocycles. The molecule has 0 heterocycles. The molecule has 27 valence electrons. The number of hydrogen-bond acceptors (Lipinski definition) is 1. The van der Waals surface area contributed by atoms with Crippen LogP contribution in [0.4, 0.5) is 0 Å². The van der Waals surface area contributed by atoms with E-state index in [1.165, 1.54) is 0 Å². The van der Waals surface area contributed by atoms with E-state index >= 15 is 0 Å². The second kappa shape index (κ2) is 45.7. The zero-order valence-corrected chi connectivity index (χ0v) is 2.47. The summed E-state index contributed by atoms with van der Waals surface area (Å²) < 4.78 is 8.06. The summed E-state index contributed by atoms with van der Waals surface area (Å²) >= 11 is 1.69. The van der Waals surface area contributed by atoms with E-state index < -0.39 is 0 Å². The van der Waals surface area contributed by atoms with Crippen molar-refractivity contribution in [2.75, 3.05) is 0 Å². The SMILES string of the molecule is O.[AlH3].[O]=[Mn]. The molecule has 4 heteroatoms. The van der Waals surface area contributed by atoms with Crippen molar-refractivity contribution in [3.05, 3.63) is 0 Å². The zero-order valence-electron chi connectivity index (χ0n) is 1.29. The summed E-state index contributed by atoms with van der Waals surface area (Å²) in [7, 11) is 0. The van der Waals surface area contributed by atoms with E-state index in [4.69, 9.17) is 3.83 Å². The molecule has 0 aromatic rings. The van der Waals surface area contributed by atoms with Gasteiger partial charge in [0.05, 0.1) is 0 Å². The van der Waals surface area contributed by atoms with Gasteiger partial charge in [-0.05, 0) is 0 Å². The van der Waals surface area contributed by atoms with E-state index in [0.29, 0.717) is 0 Å². The van der Waals surface area contributed by atoms with Gasteiger partial charge < -0.3 is 5.48 Å². The van der Waals surface area contributed by atoms with Gasteiger partial charge in [0.25, 0.3) is 0 Å². The molecule has 2 nitrogen and oxygen atoms in total. The molecule has 0 fully saturated rings. The first-order valence-corrected chi connectivity index (χ1v) is 0.636. The molecule has 0 amide bonds. The van der Waals surface area contributed by atoms with Gasteiger partial charge in [-0.3, -0.25) is 0 Å². The van der Waals surface area contributed by atoms with Gasteiger partial charge in [-0.15, -0.1) is 0 Å². The Morgan fingerprint density at radius 3 is 1.25 bits per heavy atom. The van der Waals surface area contributed by atoms with Gasteiger partial charge in [0, 0.05) is 0 Å². The summed E-state index contributed by atoms with van der Waals surface area (Å²) in [5, 5.41) is 0. The van der Waals surface area contributed by atoms with Crippen molar-refractivity contribution in [1.29, 1.82) is 0 Å². The van der Waals surface area contributed by atoms with Crippen LogP contribution in [0.2, 0.25) is 0 Å². The molecule has 0 saturated heterocycles. The summed E-state index contributed by atoms with van der Waals surface area (Å²) in [5.41, 5.74) is 0. The van der Waals surface area contributed by atoms with Crippen molar-refractivity contribution in [2.24, 2.45) is 0 Å². The predicted octanol–water partition coefficient (Wildman–Crippen LogP) is -2.13. The zero-order chi connectivity index (χ0) is 2.00. The fraction of sp³-hybridized carbons (Fsp3) is 0. The Balaban J connectivity index is -0.00000000500. The molecule has 0 rings (SSSR count). The first kappa shape index (κ1) is 21.3. The summed E-state index contributed by atoms with van der Waals surface area (Å²) in [4.78, 5) is 0. The molecule has 0 aromatic heterocycles. The molecule has 0 spiro atoms. The Morgan fingerprint density at radius 2 is 1.25 bits per heavy atom. The van der Waals surface area contributed by atoms with Crippen LogP contribution in [0, 0.1) is 0 Å². The standard InChI is InChI=1S/Al.Mn.H2O.O.3H/h;;1H2;;;;. The van der Waals surface area contributed by atoms with Crippen LogP contribution in [0.15, 0.2) is 0 Å². The third-order valence-corrected chi connectivity index (χ3v) is 0. The fourth-order valence-corrected chi connectivity index (χ4v) is 0. The minimum atomic E-state index is 0. The average molecular weight is 119 g/mol. The first-order valence-electron chi connectivity index (χ1n) is 0.154. The van der Waals surface area contributed by atoms with Crippen molar-refractivity contribution in [2.45, 2.75) is 0 Å². The number of hydrogen-bond donors (Lipinski definition) is 0. The van der Waals surface area contributed by atoms with E-state index in [-0.39, 0.29) is 22.8 Å². The predicted molar refractivity (Wildman–Crippen MR) is 14.2 cm³/mol. The molecule has 0 unspecified atom stereocenters. The third kappa shape index (κ3) is 14.0. The van der Waals surface area contributed by atoms with Gasteiger partial charge in [-0.1, -0.05) is 0 Å². The molecular formula is H5AlMnO2. The van der Waals surface area contributed by atoms with E-state index in [1.54, 1.807) is 15.9 Å². The first-order chi connectivity index (χ1) is 1.00. The van der Waals surface area contributed by atoms with Crippen molar-refractivity contribution in [1.82, 2.24) is 0 Å². The summed E-state index contributed by atoms with van der Waals surface area (Å²) in [6.07, 6.45) is 0. The van der Waals surface area contributed by atoms with Crippen LogP contribution in [0.25, 0.3) is 0 Å². The molecule has 0 atom stereocenters. The Hall–Kier alpha value is 0.812. The molecule has 0 radical (unpaired) electrons. The van der Waals surface area contributed by atoms with E-state index in [2.05, 4.69) is 0 Å². The Labute approximate surface area is 43.0 Å². The number of rotatable bonds is 0. The second-order valence-electron chi connectivity index (χ2n) is 0. The van der Waals surface area contributed by atoms with Gasteiger partial charge in [0.15, 0.2) is 17.4 Å². The Morgan fingerprint density at radius 1 is 1.25 bits per heavy atom.